The molecular formula is C13H19FN2S. The van der Waals surface area contributed by atoms with Crippen molar-refractivity contribution in [3.05, 3.63) is 30.1 Å². The lowest BCUT2D eigenvalue weighted by Gasteiger charge is -2.22. The molecule has 0 amide bonds. The maximum absolute atomic E-state index is 13.3. The van der Waals surface area contributed by atoms with Gasteiger partial charge in [-0.15, -0.1) is 11.8 Å². The maximum atomic E-state index is 13.3. The number of amidine groups is 1. The number of thioether (sulfide) groups is 1. The topological polar surface area (TPSA) is 49.9 Å². The van der Waals surface area contributed by atoms with Gasteiger partial charge >= 0.3 is 0 Å². The molecule has 3 N–H and O–H groups in total. The highest BCUT2D eigenvalue weighted by Gasteiger charge is 2.20. The summed E-state index contributed by atoms with van der Waals surface area (Å²) >= 11 is 1.51. The van der Waals surface area contributed by atoms with Crippen molar-refractivity contribution in [2.75, 3.05) is 5.75 Å². The lowest BCUT2D eigenvalue weighted by Crippen LogP contribution is -2.30. The van der Waals surface area contributed by atoms with Gasteiger partial charge in [-0.1, -0.05) is 26.0 Å². The highest BCUT2D eigenvalue weighted by atomic mass is 32.2. The van der Waals surface area contributed by atoms with Gasteiger partial charge in [-0.2, -0.15) is 0 Å². The van der Waals surface area contributed by atoms with Crippen molar-refractivity contribution in [1.29, 1.82) is 5.41 Å². The third kappa shape index (κ3) is 4.38. The number of hydrogen-bond acceptors (Lipinski definition) is 2. The van der Waals surface area contributed by atoms with Gasteiger partial charge in [0.1, 0.15) is 5.82 Å². The molecule has 2 nitrogen and oxygen atoms in total. The van der Waals surface area contributed by atoms with Crippen molar-refractivity contribution in [1.82, 2.24) is 0 Å². The first-order valence-electron chi connectivity index (χ1n) is 5.65. The molecule has 1 aromatic rings. The van der Waals surface area contributed by atoms with Gasteiger partial charge in [0.15, 0.2) is 0 Å². The Labute approximate surface area is 106 Å². The second-order valence-corrected chi connectivity index (χ2v) is 5.82. The zero-order chi connectivity index (χ0) is 12.9. The van der Waals surface area contributed by atoms with Gasteiger partial charge in [0.05, 0.1) is 5.84 Å². The number of rotatable bonds is 6. The normalized spacial score (nSPS) is 11.5. The van der Waals surface area contributed by atoms with Crippen molar-refractivity contribution >= 4 is 17.6 Å². The summed E-state index contributed by atoms with van der Waals surface area (Å²) < 4.78 is 13.3. The summed E-state index contributed by atoms with van der Waals surface area (Å²) in [5.74, 6) is 0.897. The Balaban J connectivity index is 2.35. The van der Waals surface area contributed by atoms with E-state index in [-0.39, 0.29) is 17.1 Å². The molecule has 0 atom stereocenters. The van der Waals surface area contributed by atoms with Crippen LogP contribution in [0.3, 0.4) is 0 Å². The van der Waals surface area contributed by atoms with Crippen molar-refractivity contribution in [2.45, 2.75) is 31.6 Å². The molecule has 4 heteroatoms. The quantitative estimate of drug-likeness (QED) is 0.352. The number of nitrogens with two attached hydrogens (primary N) is 1. The third-order valence-electron chi connectivity index (χ3n) is 2.77. The molecule has 0 aliphatic heterocycles. The SMILES string of the molecule is CC(C)(CCCSc1ccccc1F)C(=N)N. The molecule has 94 valence electrons. The summed E-state index contributed by atoms with van der Waals surface area (Å²) in [6.45, 7) is 3.92. The fraction of sp³-hybridized carbons (Fsp3) is 0.462. The highest BCUT2D eigenvalue weighted by Crippen LogP contribution is 2.26. The van der Waals surface area contributed by atoms with Crippen LogP contribution < -0.4 is 5.73 Å². The van der Waals surface area contributed by atoms with Crippen LogP contribution in [0.2, 0.25) is 0 Å². The van der Waals surface area contributed by atoms with E-state index in [1.807, 2.05) is 19.9 Å². The number of nitrogens with one attached hydrogen (secondary N) is 1. The minimum Gasteiger partial charge on any atom is -0.387 e. The molecule has 0 saturated carbocycles. The summed E-state index contributed by atoms with van der Waals surface area (Å²) in [4.78, 5) is 0.688. The van der Waals surface area contributed by atoms with Crippen molar-refractivity contribution in [3.8, 4) is 0 Å². The molecule has 0 spiro atoms. The fourth-order valence-corrected chi connectivity index (χ4v) is 2.28. The van der Waals surface area contributed by atoms with Crippen molar-refractivity contribution in [2.24, 2.45) is 11.1 Å². The van der Waals surface area contributed by atoms with Crippen molar-refractivity contribution in [3.63, 3.8) is 0 Å². The van der Waals surface area contributed by atoms with E-state index in [2.05, 4.69) is 0 Å². The van der Waals surface area contributed by atoms with Crippen LogP contribution >= 0.6 is 11.8 Å². The first-order valence-corrected chi connectivity index (χ1v) is 6.64. The van der Waals surface area contributed by atoms with Crippen LogP contribution in [0.15, 0.2) is 29.2 Å². The minimum atomic E-state index is -0.254. The zero-order valence-corrected chi connectivity index (χ0v) is 11.1. The highest BCUT2D eigenvalue weighted by molar-refractivity contribution is 7.99. The third-order valence-corrected chi connectivity index (χ3v) is 3.90. The van der Waals surface area contributed by atoms with Crippen LogP contribution in [-0.2, 0) is 0 Å². The van der Waals surface area contributed by atoms with Gasteiger partial charge in [-0.3, -0.25) is 5.41 Å². The molecule has 0 aliphatic carbocycles. The van der Waals surface area contributed by atoms with Gasteiger partial charge in [-0.05, 0) is 30.7 Å². The van der Waals surface area contributed by atoms with E-state index in [0.717, 1.165) is 18.6 Å². The summed E-state index contributed by atoms with van der Waals surface area (Å²) in [6, 6.07) is 6.79. The van der Waals surface area contributed by atoms with E-state index in [4.69, 9.17) is 11.1 Å². The van der Waals surface area contributed by atoms with Gasteiger partial charge in [-0.25, -0.2) is 4.39 Å². The van der Waals surface area contributed by atoms with Crippen LogP contribution in [0.25, 0.3) is 0 Å². The second kappa shape index (κ2) is 6.05. The molecule has 0 radical (unpaired) electrons. The molecular weight excluding hydrogens is 235 g/mol. The Morgan fingerprint density at radius 1 is 1.41 bits per heavy atom. The molecule has 0 bridgehead atoms. The summed E-state index contributed by atoms with van der Waals surface area (Å²) in [7, 11) is 0. The molecule has 1 rings (SSSR count). The first kappa shape index (κ1) is 14.0. The number of halogens is 1. The van der Waals surface area contributed by atoms with E-state index in [0.29, 0.717) is 4.90 Å². The Kier molecular flexibility index (Phi) is 5.00. The number of benzene rings is 1. The molecule has 0 aromatic heterocycles. The predicted octanol–water partition coefficient (Wildman–Crippen LogP) is 3.66. The molecule has 17 heavy (non-hydrogen) atoms. The van der Waals surface area contributed by atoms with E-state index in [1.165, 1.54) is 17.8 Å². The second-order valence-electron chi connectivity index (χ2n) is 4.68. The molecule has 0 fully saturated rings. The standard InChI is InChI=1S/C13H19FN2S/c1-13(2,12(15)16)8-5-9-17-11-7-4-3-6-10(11)14/h3-4,6-7H,5,8-9H2,1-2H3,(H3,15,16). The smallest absolute Gasteiger partial charge is 0.136 e. The average molecular weight is 254 g/mol. The first-order chi connectivity index (χ1) is 7.93. The molecule has 0 unspecified atom stereocenters. The Hall–Kier alpha value is -1.03. The van der Waals surface area contributed by atoms with E-state index in [1.54, 1.807) is 12.1 Å². The molecule has 1 aromatic carbocycles. The lowest BCUT2D eigenvalue weighted by atomic mass is 9.87. The van der Waals surface area contributed by atoms with Crippen LogP contribution in [0, 0.1) is 16.6 Å². The maximum Gasteiger partial charge on any atom is 0.136 e. The van der Waals surface area contributed by atoms with Crippen LogP contribution in [-0.4, -0.2) is 11.6 Å². The minimum absolute atomic E-state index is 0.164. The van der Waals surface area contributed by atoms with E-state index < -0.39 is 0 Å². The van der Waals surface area contributed by atoms with Crippen LogP contribution in [0.5, 0.6) is 0 Å². The summed E-state index contributed by atoms with van der Waals surface area (Å²) in [6.07, 6.45) is 1.77. The monoisotopic (exact) mass is 254 g/mol. The predicted molar refractivity (Wildman–Crippen MR) is 72.1 cm³/mol. The van der Waals surface area contributed by atoms with Gasteiger partial charge in [0.2, 0.25) is 0 Å². The van der Waals surface area contributed by atoms with Gasteiger partial charge in [0, 0.05) is 10.3 Å². The molecule has 0 saturated heterocycles. The van der Waals surface area contributed by atoms with E-state index >= 15 is 0 Å². The van der Waals surface area contributed by atoms with Gasteiger partial charge in [0.25, 0.3) is 0 Å². The zero-order valence-electron chi connectivity index (χ0n) is 10.3. The molecule has 0 heterocycles. The Morgan fingerprint density at radius 2 is 2.06 bits per heavy atom. The fourth-order valence-electron chi connectivity index (χ4n) is 1.39. The molecule has 0 aliphatic rings. The van der Waals surface area contributed by atoms with Crippen LogP contribution in [0.4, 0.5) is 4.39 Å². The summed E-state index contributed by atoms with van der Waals surface area (Å²) in [5.41, 5.74) is 5.25. The van der Waals surface area contributed by atoms with E-state index in [9.17, 15) is 4.39 Å². The Morgan fingerprint density at radius 3 is 2.65 bits per heavy atom. The summed E-state index contributed by atoms with van der Waals surface area (Å²) in [5, 5.41) is 7.44. The lowest BCUT2D eigenvalue weighted by molar-refractivity contribution is 0.464. The number of hydrogen-bond donors (Lipinski definition) is 2. The Bertz CT molecular complexity index is 391. The van der Waals surface area contributed by atoms with Crippen molar-refractivity contribution < 1.29 is 4.39 Å². The van der Waals surface area contributed by atoms with Gasteiger partial charge < -0.3 is 5.73 Å². The largest absolute Gasteiger partial charge is 0.387 e. The average Bonchev–Trinajstić information content (AvgIpc) is 2.26. The van der Waals surface area contributed by atoms with Crippen LogP contribution in [0.1, 0.15) is 26.7 Å².